The van der Waals surface area contributed by atoms with Gasteiger partial charge in [-0.1, -0.05) is 39.0 Å². The van der Waals surface area contributed by atoms with Gasteiger partial charge in [0.05, 0.1) is 12.6 Å². The van der Waals surface area contributed by atoms with Crippen LogP contribution >= 0.6 is 0 Å². The van der Waals surface area contributed by atoms with Crippen LogP contribution in [-0.4, -0.2) is 36.9 Å². The maximum absolute atomic E-state index is 12.3. The summed E-state index contributed by atoms with van der Waals surface area (Å²) in [5.74, 6) is -0.233. The average molecular weight is 277 g/mol. The molecule has 0 saturated carbocycles. The first-order chi connectivity index (χ1) is 9.36. The molecule has 1 aliphatic heterocycles. The molecule has 1 amide bonds. The van der Waals surface area contributed by atoms with E-state index in [0.717, 1.165) is 11.3 Å². The first kappa shape index (κ1) is 15.0. The summed E-state index contributed by atoms with van der Waals surface area (Å²) < 4.78 is 5.19. The van der Waals surface area contributed by atoms with E-state index in [1.54, 1.807) is 12.0 Å². The van der Waals surface area contributed by atoms with Gasteiger partial charge in [0.2, 0.25) is 0 Å². The lowest BCUT2D eigenvalue weighted by molar-refractivity contribution is -0.124. The number of aliphatic hydroxyl groups is 1. The summed E-state index contributed by atoms with van der Waals surface area (Å²) in [5.41, 5.74) is 1.91. The lowest BCUT2D eigenvalue weighted by Gasteiger charge is -2.31. The van der Waals surface area contributed by atoms with E-state index in [-0.39, 0.29) is 17.4 Å². The molecule has 110 valence electrons. The summed E-state index contributed by atoms with van der Waals surface area (Å²) in [5, 5.41) is 9.87. The van der Waals surface area contributed by atoms with E-state index in [2.05, 4.69) is 20.8 Å². The number of ether oxygens (including phenoxy) is 1. The van der Waals surface area contributed by atoms with Gasteiger partial charge in [0, 0.05) is 19.2 Å². The molecule has 2 atom stereocenters. The van der Waals surface area contributed by atoms with Gasteiger partial charge in [-0.05, 0) is 17.0 Å². The van der Waals surface area contributed by atoms with Crippen molar-refractivity contribution in [1.82, 2.24) is 0 Å². The molecule has 1 aromatic carbocycles. The number of rotatable bonds is 3. The molecule has 0 spiro atoms. The molecule has 1 saturated heterocycles. The van der Waals surface area contributed by atoms with Gasteiger partial charge < -0.3 is 14.7 Å². The quantitative estimate of drug-likeness (QED) is 0.920. The van der Waals surface area contributed by atoms with Crippen LogP contribution in [0.3, 0.4) is 0 Å². The lowest BCUT2D eigenvalue weighted by atomic mass is 9.85. The lowest BCUT2D eigenvalue weighted by Crippen LogP contribution is -2.38. The highest BCUT2D eigenvalue weighted by atomic mass is 16.5. The van der Waals surface area contributed by atoms with Gasteiger partial charge in [-0.15, -0.1) is 0 Å². The van der Waals surface area contributed by atoms with Gasteiger partial charge in [-0.25, -0.2) is 0 Å². The summed E-state index contributed by atoms with van der Waals surface area (Å²) in [6.45, 7) is 6.79. The Balaban J connectivity index is 2.46. The van der Waals surface area contributed by atoms with E-state index in [9.17, 15) is 9.90 Å². The predicted octanol–water partition coefficient (Wildman–Crippen LogP) is 2.10. The van der Waals surface area contributed by atoms with Crippen molar-refractivity contribution in [3.05, 3.63) is 29.8 Å². The maximum Gasteiger partial charge on any atom is 0.256 e. The SMILES string of the molecule is COC[C@H]1C[C@H](O)C(=O)N1c1ccccc1C(C)(C)C. The smallest absolute Gasteiger partial charge is 0.256 e. The molecule has 4 heteroatoms. The van der Waals surface area contributed by atoms with Crippen LogP contribution in [0.1, 0.15) is 32.8 Å². The third-order valence-electron chi connectivity index (χ3n) is 3.71. The largest absolute Gasteiger partial charge is 0.383 e. The van der Waals surface area contributed by atoms with Crippen molar-refractivity contribution >= 4 is 11.6 Å². The summed E-state index contributed by atoms with van der Waals surface area (Å²) in [7, 11) is 1.61. The monoisotopic (exact) mass is 277 g/mol. The van der Waals surface area contributed by atoms with Crippen molar-refractivity contribution in [1.29, 1.82) is 0 Å². The Labute approximate surface area is 120 Å². The zero-order valence-corrected chi connectivity index (χ0v) is 12.6. The minimum absolute atomic E-state index is 0.0674. The number of anilines is 1. The second-order valence-electron chi connectivity index (χ2n) is 6.34. The Morgan fingerprint density at radius 2 is 2.00 bits per heavy atom. The fourth-order valence-electron chi connectivity index (χ4n) is 2.77. The number of para-hydroxylation sites is 1. The fourth-order valence-corrected chi connectivity index (χ4v) is 2.77. The van der Waals surface area contributed by atoms with Crippen molar-refractivity contribution in [3.63, 3.8) is 0 Å². The highest BCUT2D eigenvalue weighted by Crippen LogP contribution is 2.36. The predicted molar refractivity (Wildman–Crippen MR) is 78.9 cm³/mol. The zero-order valence-electron chi connectivity index (χ0n) is 12.6. The minimum Gasteiger partial charge on any atom is -0.383 e. The van der Waals surface area contributed by atoms with E-state index >= 15 is 0 Å². The first-order valence-electron chi connectivity index (χ1n) is 6.96. The molecule has 0 aliphatic carbocycles. The van der Waals surface area contributed by atoms with E-state index in [0.29, 0.717) is 13.0 Å². The normalized spacial score (nSPS) is 23.4. The van der Waals surface area contributed by atoms with Gasteiger partial charge in [0.1, 0.15) is 6.10 Å². The van der Waals surface area contributed by atoms with E-state index in [1.165, 1.54) is 0 Å². The second-order valence-corrected chi connectivity index (χ2v) is 6.34. The molecule has 0 unspecified atom stereocenters. The van der Waals surface area contributed by atoms with Gasteiger partial charge >= 0.3 is 0 Å². The number of hydrogen-bond acceptors (Lipinski definition) is 3. The van der Waals surface area contributed by atoms with Crippen molar-refractivity contribution in [3.8, 4) is 0 Å². The number of carbonyl (C=O) groups excluding carboxylic acids is 1. The Kier molecular flexibility index (Phi) is 4.16. The molecule has 0 aromatic heterocycles. The van der Waals surface area contributed by atoms with Gasteiger partial charge in [0.15, 0.2) is 0 Å². The summed E-state index contributed by atoms with van der Waals surface area (Å²) in [6.07, 6.45) is -0.506. The molecule has 0 bridgehead atoms. The average Bonchev–Trinajstić information content (AvgIpc) is 2.64. The van der Waals surface area contributed by atoms with E-state index in [1.807, 2.05) is 24.3 Å². The molecule has 1 aromatic rings. The molecule has 0 radical (unpaired) electrons. The molecule has 20 heavy (non-hydrogen) atoms. The zero-order chi connectivity index (χ0) is 14.9. The molecule has 1 N–H and O–H groups in total. The Hall–Kier alpha value is -1.39. The van der Waals surface area contributed by atoms with Crippen LogP contribution in [0.5, 0.6) is 0 Å². The summed E-state index contributed by atoms with van der Waals surface area (Å²) >= 11 is 0. The highest BCUT2D eigenvalue weighted by molar-refractivity contribution is 6.00. The number of nitrogens with zero attached hydrogens (tertiary/aromatic N) is 1. The molecule has 1 aliphatic rings. The third-order valence-corrected chi connectivity index (χ3v) is 3.71. The van der Waals surface area contributed by atoms with Crippen molar-refractivity contribution in [2.24, 2.45) is 0 Å². The van der Waals surface area contributed by atoms with E-state index in [4.69, 9.17) is 4.74 Å². The summed E-state index contributed by atoms with van der Waals surface area (Å²) in [4.78, 5) is 14.0. The van der Waals surface area contributed by atoms with Gasteiger partial charge in [-0.3, -0.25) is 4.79 Å². The van der Waals surface area contributed by atoms with Gasteiger partial charge in [-0.2, -0.15) is 0 Å². The highest BCUT2D eigenvalue weighted by Gasteiger charge is 2.40. The van der Waals surface area contributed by atoms with E-state index < -0.39 is 6.10 Å². The Bertz CT molecular complexity index is 493. The van der Waals surface area contributed by atoms with Crippen LogP contribution in [0.4, 0.5) is 5.69 Å². The third kappa shape index (κ3) is 2.72. The number of carbonyl (C=O) groups is 1. The molecule has 1 fully saturated rings. The van der Waals surface area contributed by atoms with Crippen molar-refractivity contribution in [2.45, 2.75) is 44.8 Å². The van der Waals surface area contributed by atoms with Crippen LogP contribution in [0.2, 0.25) is 0 Å². The molecular weight excluding hydrogens is 254 g/mol. The maximum atomic E-state index is 12.3. The van der Waals surface area contributed by atoms with Crippen LogP contribution in [0.25, 0.3) is 0 Å². The van der Waals surface area contributed by atoms with Crippen molar-refractivity contribution in [2.75, 3.05) is 18.6 Å². The van der Waals surface area contributed by atoms with Crippen LogP contribution in [0, 0.1) is 0 Å². The fraction of sp³-hybridized carbons (Fsp3) is 0.562. The second kappa shape index (κ2) is 5.54. The molecule has 4 nitrogen and oxygen atoms in total. The first-order valence-corrected chi connectivity index (χ1v) is 6.96. The number of aliphatic hydroxyl groups excluding tert-OH is 1. The topological polar surface area (TPSA) is 49.8 Å². The Morgan fingerprint density at radius 1 is 1.35 bits per heavy atom. The van der Waals surface area contributed by atoms with Gasteiger partial charge in [0.25, 0.3) is 5.91 Å². The number of benzene rings is 1. The molecule has 1 heterocycles. The Morgan fingerprint density at radius 3 is 2.60 bits per heavy atom. The van der Waals surface area contributed by atoms with Crippen LogP contribution < -0.4 is 4.90 Å². The van der Waals surface area contributed by atoms with Crippen LogP contribution in [0.15, 0.2) is 24.3 Å². The standard InChI is InChI=1S/C16H23NO3/c1-16(2,3)12-7-5-6-8-13(12)17-11(10-20-4)9-14(18)15(17)19/h5-8,11,14,18H,9-10H2,1-4H3/t11-,14+/m1/s1. The minimum atomic E-state index is -0.928. The molecule has 2 rings (SSSR count). The number of methoxy groups -OCH3 is 1. The summed E-state index contributed by atoms with van der Waals surface area (Å²) in [6, 6.07) is 7.78. The van der Waals surface area contributed by atoms with Crippen molar-refractivity contribution < 1.29 is 14.6 Å². The number of amides is 1. The number of hydrogen-bond donors (Lipinski definition) is 1. The molecular formula is C16H23NO3. The van der Waals surface area contributed by atoms with Crippen LogP contribution in [-0.2, 0) is 14.9 Å².